The van der Waals surface area contributed by atoms with Crippen molar-refractivity contribution in [1.82, 2.24) is 4.90 Å². The summed E-state index contributed by atoms with van der Waals surface area (Å²) in [6.45, 7) is 22.4. The van der Waals surface area contributed by atoms with Crippen LogP contribution in [-0.2, 0) is 27.2 Å². The summed E-state index contributed by atoms with van der Waals surface area (Å²) in [4.78, 5) is 2.43. The topological polar surface area (TPSA) is 30.9 Å². The smallest absolute Gasteiger partial charge is 0.119 e. The molecular weight excluding hydrogens is 494 g/mol. The fourth-order valence-electron chi connectivity index (χ4n) is 5.25. The lowest BCUT2D eigenvalue weighted by molar-refractivity contribution is 0.0793. The van der Waals surface area contributed by atoms with Gasteiger partial charge in [0.05, 0.1) is 25.9 Å². The van der Waals surface area contributed by atoms with Gasteiger partial charge in [-0.05, 0) is 85.5 Å². The molecule has 1 aliphatic rings. The van der Waals surface area contributed by atoms with Crippen LogP contribution in [0.4, 0.5) is 0 Å². The van der Waals surface area contributed by atoms with Crippen molar-refractivity contribution in [3.63, 3.8) is 0 Å². The highest BCUT2D eigenvalue weighted by Crippen LogP contribution is 2.43. The van der Waals surface area contributed by atoms with Crippen LogP contribution in [0.1, 0.15) is 87.6 Å². The number of rotatable bonds is 19. The average molecular weight is 546 g/mol. The first-order valence-electron chi connectivity index (χ1n) is 15.2. The van der Waals surface area contributed by atoms with E-state index in [-0.39, 0.29) is 6.10 Å². The molecule has 4 heteroatoms. The standard InChI is InChI=1S/C36H51NO3/c1-8-10-12-34-24-33-18-17-32(29(6)40-27(3)4)25-35(33)36(34)28(5)31-15-13-30(14-16-31)26-39-23-21-37(19-11-9-2)20-22-38-7/h13-18,25,27H,5-6,8-12,19-24,26H2,1-4,7H3. The third-order valence-electron chi connectivity index (χ3n) is 7.53. The van der Waals surface area contributed by atoms with Crippen LogP contribution in [0, 0.1) is 0 Å². The average Bonchev–Trinajstić information content (AvgIpc) is 3.32. The van der Waals surface area contributed by atoms with Gasteiger partial charge in [0, 0.05) is 25.8 Å². The molecule has 0 atom stereocenters. The molecule has 218 valence electrons. The van der Waals surface area contributed by atoms with E-state index in [9.17, 15) is 0 Å². The second-order valence-corrected chi connectivity index (χ2v) is 11.1. The summed E-state index contributed by atoms with van der Waals surface area (Å²) in [6.07, 6.45) is 6.97. The Labute approximate surface area is 243 Å². The highest BCUT2D eigenvalue weighted by Gasteiger charge is 2.24. The Morgan fingerprint density at radius 1 is 0.900 bits per heavy atom. The van der Waals surface area contributed by atoms with Gasteiger partial charge in [-0.2, -0.15) is 0 Å². The number of hydrogen-bond donors (Lipinski definition) is 0. The van der Waals surface area contributed by atoms with Crippen LogP contribution < -0.4 is 0 Å². The molecule has 0 amide bonds. The fraction of sp³-hybridized carbons (Fsp3) is 0.500. The van der Waals surface area contributed by atoms with Gasteiger partial charge in [-0.1, -0.05) is 81.8 Å². The van der Waals surface area contributed by atoms with Crippen LogP contribution in [0.3, 0.4) is 0 Å². The van der Waals surface area contributed by atoms with E-state index in [1.807, 2.05) is 13.8 Å². The van der Waals surface area contributed by atoms with Crippen molar-refractivity contribution >= 4 is 16.9 Å². The van der Waals surface area contributed by atoms with Crippen molar-refractivity contribution in [2.45, 2.75) is 78.9 Å². The first-order valence-corrected chi connectivity index (χ1v) is 15.2. The predicted octanol–water partition coefficient (Wildman–Crippen LogP) is 8.56. The van der Waals surface area contributed by atoms with Gasteiger partial charge >= 0.3 is 0 Å². The zero-order valence-corrected chi connectivity index (χ0v) is 25.7. The van der Waals surface area contributed by atoms with Gasteiger partial charge in [0.1, 0.15) is 5.76 Å². The molecule has 0 N–H and O–H groups in total. The number of methoxy groups -OCH3 is 1. The van der Waals surface area contributed by atoms with Gasteiger partial charge < -0.3 is 14.2 Å². The molecule has 0 radical (unpaired) electrons. The van der Waals surface area contributed by atoms with E-state index >= 15 is 0 Å². The first-order chi connectivity index (χ1) is 19.4. The molecule has 0 heterocycles. The molecule has 0 fully saturated rings. The van der Waals surface area contributed by atoms with E-state index in [1.165, 1.54) is 53.5 Å². The predicted molar refractivity (Wildman–Crippen MR) is 170 cm³/mol. The van der Waals surface area contributed by atoms with Crippen molar-refractivity contribution in [3.05, 3.63) is 89.0 Å². The summed E-state index contributed by atoms with van der Waals surface area (Å²) in [5.41, 5.74) is 9.91. The van der Waals surface area contributed by atoms with Crippen molar-refractivity contribution in [1.29, 1.82) is 0 Å². The summed E-state index contributed by atoms with van der Waals surface area (Å²) in [6, 6.07) is 15.4. The summed E-state index contributed by atoms with van der Waals surface area (Å²) in [5, 5.41) is 0. The Balaban J connectivity index is 1.69. The quantitative estimate of drug-likeness (QED) is 0.131. The SMILES string of the molecule is C=C(OC(C)C)c1ccc2c(c1)C(C(=C)c1ccc(COCCN(CCCC)CCOC)cc1)=C(CCCC)C2. The Morgan fingerprint density at radius 3 is 2.27 bits per heavy atom. The summed E-state index contributed by atoms with van der Waals surface area (Å²) < 4.78 is 17.2. The molecule has 0 spiro atoms. The molecule has 3 rings (SSSR count). The van der Waals surface area contributed by atoms with Crippen LogP contribution in [0.15, 0.2) is 61.2 Å². The van der Waals surface area contributed by atoms with E-state index in [1.54, 1.807) is 7.11 Å². The minimum absolute atomic E-state index is 0.101. The number of unbranched alkanes of at least 4 members (excludes halogenated alkanes) is 2. The van der Waals surface area contributed by atoms with Crippen LogP contribution in [0.5, 0.6) is 0 Å². The zero-order valence-electron chi connectivity index (χ0n) is 25.7. The Morgan fingerprint density at radius 2 is 1.60 bits per heavy atom. The first kappa shape index (κ1) is 31.9. The maximum Gasteiger partial charge on any atom is 0.119 e. The van der Waals surface area contributed by atoms with Crippen LogP contribution in [0.25, 0.3) is 16.9 Å². The number of hydrogen-bond acceptors (Lipinski definition) is 4. The fourth-order valence-corrected chi connectivity index (χ4v) is 5.25. The molecule has 2 aromatic carbocycles. The molecular formula is C36H51NO3. The molecule has 0 aromatic heterocycles. The normalized spacial score (nSPS) is 12.9. The number of allylic oxidation sites excluding steroid dienone is 3. The molecule has 0 aliphatic heterocycles. The van der Waals surface area contributed by atoms with Crippen molar-refractivity contribution in [2.75, 3.05) is 40.0 Å². The van der Waals surface area contributed by atoms with Gasteiger partial charge in [0.2, 0.25) is 0 Å². The number of nitrogens with zero attached hydrogens (tertiary/aromatic N) is 1. The van der Waals surface area contributed by atoms with E-state index in [2.05, 4.69) is 74.4 Å². The van der Waals surface area contributed by atoms with Crippen LogP contribution in [0.2, 0.25) is 0 Å². The molecule has 40 heavy (non-hydrogen) atoms. The lowest BCUT2D eigenvalue weighted by Crippen LogP contribution is -2.31. The van der Waals surface area contributed by atoms with Gasteiger partial charge in [-0.25, -0.2) is 0 Å². The molecule has 0 bridgehead atoms. The van der Waals surface area contributed by atoms with E-state index in [0.29, 0.717) is 6.61 Å². The van der Waals surface area contributed by atoms with Gasteiger partial charge in [0.15, 0.2) is 0 Å². The Hall–Kier alpha value is -2.66. The second-order valence-electron chi connectivity index (χ2n) is 11.1. The minimum atomic E-state index is 0.101. The van der Waals surface area contributed by atoms with Crippen LogP contribution >= 0.6 is 0 Å². The van der Waals surface area contributed by atoms with Gasteiger partial charge in [-0.3, -0.25) is 4.90 Å². The van der Waals surface area contributed by atoms with Crippen molar-refractivity contribution in [3.8, 4) is 0 Å². The van der Waals surface area contributed by atoms with Crippen molar-refractivity contribution in [2.24, 2.45) is 0 Å². The maximum absolute atomic E-state index is 6.05. The van der Waals surface area contributed by atoms with Gasteiger partial charge in [-0.15, -0.1) is 0 Å². The van der Waals surface area contributed by atoms with Crippen molar-refractivity contribution < 1.29 is 14.2 Å². The Kier molecular flexibility index (Phi) is 13.2. The highest BCUT2D eigenvalue weighted by molar-refractivity contribution is 6.07. The van der Waals surface area contributed by atoms with E-state index < -0.39 is 0 Å². The molecule has 0 saturated heterocycles. The monoisotopic (exact) mass is 545 g/mol. The minimum Gasteiger partial charge on any atom is -0.491 e. The second kappa shape index (κ2) is 16.6. The number of fused-ring (bicyclic) bond motifs is 1. The molecule has 4 nitrogen and oxygen atoms in total. The summed E-state index contributed by atoms with van der Waals surface area (Å²) >= 11 is 0. The summed E-state index contributed by atoms with van der Waals surface area (Å²) in [7, 11) is 1.76. The zero-order chi connectivity index (χ0) is 28.9. The van der Waals surface area contributed by atoms with Gasteiger partial charge in [0.25, 0.3) is 0 Å². The molecule has 1 aliphatic carbocycles. The summed E-state index contributed by atoms with van der Waals surface area (Å²) in [5.74, 6) is 0.723. The third-order valence-corrected chi connectivity index (χ3v) is 7.53. The third kappa shape index (κ3) is 9.19. The van der Waals surface area contributed by atoms with E-state index in [0.717, 1.165) is 68.1 Å². The molecule has 0 unspecified atom stereocenters. The Bertz CT molecular complexity index is 1120. The van der Waals surface area contributed by atoms with Crippen LogP contribution in [-0.4, -0.2) is 51.0 Å². The molecule has 2 aromatic rings. The number of benzene rings is 2. The maximum atomic E-state index is 6.05. The largest absolute Gasteiger partial charge is 0.491 e. The highest BCUT2D eigenvalue weighted by atomic mass is 16.5. The lowest BCUT2D eigenvalue weighted by atomic mass is 9.90. The number of ether oxygens (including phenoxy) is 3. The van der Waals surface area contributed by atoms with E-state index in [4.69, 9.17) is 14.2 Å². The molecule has 0 saturated carbocycles. The lowest BCUT2D eigenvalue weighted by Gasteiger charge is -2.21.